The van der Waals surface area contributed by atoms with Crippen molar-refractivity contribution in [2.75, 3.05) is 31.9 Å². The van der Waals surface area contributed by atoms with Crippen LogP contribution in [0.1, 0.15) is 57.8 Å². The minimum absolute atomic E-state index is 0.273. The van der Waals surface area contributed by atoms with Gasteiger partial charge in [0.1, 0.15) is 0 Å². The molecule has 0 aromatic heterocycles. The zero-order chi connectivity index (χ0) is 16.3. The van der Waals surface area contributed by atoms with Crippen molar-refractivity contribution in [1.29, 1.82) is 0 Å². The van der Waals surface area contributed by atoms with E-state index in [1.165, 1.54) is 12.8 Å². The van der Waals surface area contributed by atoms with Gasteiger partial charge in [0.25, 0.3) is 0 Å². The Morgan fingerprint density at radius 1 is 0.826 bits per heavy atom. The lowest BCUT2D eigenvalue weighted by Gasteiger charge is -2.32. The average molecular weight is 343 g/mol. The topological polar surface area (TPSA) is 57.7 Å². The zero-order valence-corrected chi connectivity index (χ0v) is 14.9. The van der Waals surface area contributed by atoms with Gasteiger partial charge in [0.05, 0.1) is 5.75 Å². The first-order valence-electron chi connectivity index (χ1n) is 9.30. The van der Waals surface area contributed by atoms with Crippen LogP contribution in [0.4, 0.5) is 0 Å². The summed E-state index contributed by atoms with van der Waals surface area (Å²) < 4.78 is 26.7. The minimum Gasteiger partial charge on any atom is -0.343 e. The molecule has 2 saturated heterocycles. The third-order valence-electron chi connectivity index (χ3n) is 5.81. The van der Waals surface area contributed by atoms with E-state index in [9.17, 15) is 13.2 Å². The smallest absolute Gasteiger partial charge is 0.222 e. The second-order valence-electron chi connectivity index (χ2n) is 7.56. The van der Waals surface area contributed by atoms with Gasteiger partial charge < -0.3 is 4.90 Å². The quantitative estimate of drug-likeness (QED) is 0.770. The van der Waals surface area contributed by atoms with Gasteiger partial charge in [-0.2, -0.15) is 0 Å². The Hall–Kier alpha value is -0.620. The van der Waals surface area contributed by atoms with Gasteiger partial charge in [-0.25, -0.2) is 12.7 Å². The van der Waals surface area contributed by atoms with Gasteiger partial charge in [-0.1, -0.05) is 12.8 Å². The molecule has 3 fully saturated rings. The molecule has 1 saturated carbocycles. The second kappa shape index (κ2) is 7.51. The Morgan fingerprint density at radius 3 is 2.04 bits per heavy atom. The average Bonchev–Trinajstić information content (AvgIpc) is 3.20. The van der Waals surface area contributed by atoms with Crippen molar-refractivity contribution >= 4 is 15.9 Å². The number of amides is 1. The first-order chi connectivity index (χ1) is 11.0. The number of likely N-dealkylation sites (tertiary alicyclic amines) is 1. The van der Waals surface area contributed by atoms with Gasteiger partial charge in [-0.3, -0.25) is 4.79 Å². The molecule has 23 heavy (non-hydrogen) atoms. The van der Waals surface area contributed by atoms with Gasteiger partial charge in [-0.15, -0.1) is 0 Å². The summed E-state index contributed by atoms with van der Waals surface area (Å²) in [5.41, 5.74) is 0. The lowest BCUT2D eigenvalue weighted by molar-refractivity contribution is -0.131. The number of sulfonamides is 1. The lowest BCUT2D eigenvalue weighted by atomic mass is 9.94. The lowest BCUT2D eigenvalue weighted by Crippen LogP contribution is -2.41. The summed E-state index contributed by atoms with van der Waals surface area (Å²) in [4.78, 5) is 14.2. The number of carbonyl (C=O) groups is 1. The SMILES string of the molecule is O=C(CC1CCN(S(=O)(=O)CC2CCCC2)CC1)N1CCCC1. The Bertz CT molecular complexity index is 500. The maximum absolute atomic E-state index is 12.5. The molecule has 6 heteroatoms. The van der Waals surface area contributed by atoms with Gasteiger partial charge in [0, 0.05) is 32.6 Å². The van der Waals surface area contributed by atoms with Crippen molar-refractivity contribution in [2.45, 2.75) is 57.8 Å². The van der Waals surface area contributed by atoms with E-state index in [1.807, 2.05) is 4.90 Å². The summed E-state index contributed by atoms with van der Waals surface area (Å²) in [6, 6.07) is 0. The second-order valence-corrected chi connectivity index (χ2v) is 9.58. The number of carbonyl (C=O) groups excluding carboxylic acids is 1. The van der Waals surface area contributed by atoms with Gasteiger partial charge in [0.15, 0.2) is 0 Å². The van der Waals surface area contributed by atoms with Crippen LogP contribution in [-0.2, 0) is 14.8 Å². The molecule has 2 aliphatic heterocycles. The Balaban J connectivity index is 1.44. The number of hydrogen-bond acceptors (Lipinski definition) is 3. The molecule has 132 valence electrons. The molecule has 3 rings (SSSR count). The molecule has 0 atom stereocenters. The highest BCUT2D eigenvalue weighted by molar-refractivity contribution is 7.89. The predicted molar refractivity (Wildman–Crippen MR) is 90.5 cm³/mol. The maximum atomic E-state index is 12.5. The molecule has 0 aromatic carbocycles. The highest BCUT2D eigenvalue weighted by Crippen LogP contribution is 2.29. The van der Waals surface area contributed by atoms with Crippen LogP contribution in [0.5, 0.6) is 0 Å². The van der Waals surface area contributed by atoms with Crippen LogP contribution in [0.25, 0.3) is 0 Å². The highest BCUT2D eigenvalue weighted by atomic mass is 32.2. The molecule has 0 bridgehead atoms. The fourth-order valence-corrected chi connectivity index (χ4v) is 6.22. The maximum Gasteiger partial charge on any atom is 0.222 e. The van der Waals surface area contributed by atoms with Crippen LogP contribution in [0.15, 0.2) is 0 Å². The molecule has 2 heterocycles. The first kappa shape index (κ1) is 17.2. The van der Waals surface area contributed by atoms with Crippen LogP contribution in [0, 0.1) is 11.8 Å². The summed E-state index contributed by atoms with van der Waals surface area (Å²) in [6.45, 7) is 3.03. The summed E-state index contributed by atoms with van der Waals surface area (Å²) in [6.07, 6.45) is 9.04. The standard InChI is InChI=1S/C17H30N2O3S/c20-17(18-9-3-4-10-18)13-15-7-11-19(12-8-15)23(21,22)14-16-5-1-2-6-16/h15-16H,1-14H2. The van der Waals surface area contributed by atoms with Crippen LogP contribution in [-0.4, -0.2) is 55.5 Å². The summed E-state index contributed by atoms with van der Waals surface area (Å²) in [5.74, 6) is 1.34. The number of hydrogen-bond donors (Lipinski definition) is 0. The minimum atomic E-state index is -3.10. The van der Waals surface area contributed by atoms with Crippen molar-refractivity contribution in [3.05, 3.63) is 0 Å². The fourth-order valence-electron chi connectivity index (χ4n) is 4.31. The van der Waals surface area contributed by atoms with Gasteiger partial charge >= 0.3 is 0 Å². The van der Waals surface area contributed by atoms with Crippen LogP contribution >= 0.6 is 0 Å². The summed E-state index contributed by atoms with van der Waals surface area (Å²) in [5, 5.41) is 0. The van der Waals surface area contributed by atoms with E-state index >= 15 is 0 Å². The van der Waals surface area contributed by atoms with Crippen molar-refractivity contribution in [3.8, 4) is 0 Å². The number of nitrogens with zero attached hydrogens (tertiary/aromatic N) is 2. The number of rotatable bonds is 5. The molecular formula is C17H30N2O3S. The Labute approximate surface area is 140 Å². The largest absolute Gasteiger partial charge is 0.343 e. The number of piperidine rings is 1. The highest BCUT2D eigenvalue weighted by Gasteiger charge is 2.32. The zero-order valence-electron chi connectivity index (χ0n) is 14.1. The van der Waals surface area contributed by atoms with E-state index < -0.39 is 10.0 Å². The van der Waals surface area contributed by atoms with Crippen molar-refractivity contribution in [3.63, 3.8) is 0 Å². The van der Waals surface area contributed by atoms with E-state index in [-0.39, 0.29) is 5.91 Å². The van der Waals surface area contributed by atoms with Crippen LogP contribution in [0.3, 0.4) is 0 Å². The molecule has 1 amide bonds. The molecule has 0 radical (unpaired) electrons. The molecule has 0 unspecified atom stereocenters. The predicted octanol–water partition coefficient (Wildman–Crippen LogP) is 2.23. The van der Waals surface area contributed by atoms with E-state index in [4.69, 9.17) is 0 Å². The van der Waals surface area contributed by atoms with Crippen LogP contribution < -0.4 is 0 Å². The first-order valence-corrected chi connectivity index (χ1v) is 10.9. The third kappa shape index (κ3) is 4.47. The van der Waals surface area contributed by atoms with E-state index in [2.05, 4.69) is 0 Å². The molecule has 1 aliphatic carbocycles. The van der Waals surface area contributed by atoms with Crippen molar-refractivity contribution < 1.29 is 13.2 Å². The monoisotopic (exact) mass is 342 g/mol. The summed E-state index contributed by atoms with van der Waals surface area (Å²) in [7, 11) is -3.10. The molecular weight excluding hydrogens is 312 g/mol. The van der Waals surface area contributed by atoms with Crippen molar-refractivity contribution in [1.82, 2.24) is 9.21 Å². The molecule has 3 aliphatic rings. The summed E-state index contributed by atoms with van der Waals surface area (Å²) >= 11 is 0. The fraction of sp³-hybridized carbons (Fsp3) is 0.941. The van der Waals surface area contributed by atoms with E-state index in [0.29, 0.717) is 37.1 Å². The molecule has 0 N–H and O–H groups in total. The molecule has 0 aromatic rings. The van der Waals surface area contributed by atoms with E-state index in [1.54, 1.807) is 4.31 Å². The van der Waals surface area contributed by atoms with Gasteiger partial charge in [-0.05, 0) is 50.4 Å². The van der Waals surface area contributed by atoms with Crippen molar-refractivity contribution in [2.24, 2.45) is 11.8 Å². The van der Waals surface area contributed by atoms with Crippen LogP contribution in [0.2, 0.25) is 0 Å². The normalized spacial score (nSPS) is 25.3. The molecule has 0 spiro atoms. The Morgan fingerprint density at radius 2 is 1.43 bits per heavy atom. The van der Waals surface area contributed by atoms with Gasteiger partial charge in [0.2, 0.25) is 15.9 Å². The Kier molecular flexibility index (Phi) is 5.62. The molecule has 5 nitrogen and oxygen atoms in total. The third-order valence-corrected chi connectivity index (χ3v) is 7.85. The van der Waals surface area contributed by atoms with E-state index in [0.717, 1.165) is 51.6 Å².